The number of anilines is 1. The Labute approximate surface area is 168 Å². The van der Waals surface area contributed by atoms with Crippen LogP contribution in [0.1, 0.15) is 6.92 Å². The van der Waals surface area contributed by atoms with Gasteiger partial charge in [0.1, 0.15) is 5.65 Å². The first-order valence-electron chi connectivity index (χ1n) is 9.27. The molecule has 1 saturated heterocycles. The van der Waals surface area contributed by atoms with Gasteiger partial charge in [-0.2, -0.15) is 9.19 Å². The van der Waals surface area contributed by atoms with Gasteiger partial charge in [-0.1, -0.05) is 0 Å². The van der Waals surface area contributed by atoms with Gasteiger partial charge in [-0.15, -0.1) is 0 Å². The van der Waals surface area contributed by atoms with Crippen LogP contribution in [0.5, 0.6) is 0 Å². The first-order valence-corrected chi connectivity index (χ1v) is 11.1. The smallest absolute Gasteiger partial charge is 0.409 e. The van der Waals surface area contributed by atoms with Crippen LogP contribution in [0.3, 0.4) is 0 Å². The first-order chi connectivity index (χ1) is 13.9. The van der Waals surface area contributed by atoms with Crippen LogP contribution in [0.15, 0.2) is 30.7 Å². The third-order valence-electron chi connectivity index (χ3n) is 4.87. The molecule has 4 rings (SSSR count). The Balaban J connectivity index is 1.59. The molecule has 0 radical (unpaired) electrons. The number of hydrogen-bond acceptors (Lipinski definition) is 7. The van der Waals surface area contributed by atoms with Crippen LogP contribution in [-0.2, 0) is 14.8 Å². The van der Waals surface area contributed by atoms with Gasteiger partial charge in [0, 0.05) is 49.0 Å². The van der Waals surface area contributed by atoms with E-state index in [0.29, 0.717) is 44.0 Å². The number of nitrogens with zero attached hydrogens (tertiary/aromatic N) is 5. The Hall–Kier alpha value is -3.08. The average Bonchev–Trinajstić information content (AvgIpc) is 3.35. The SMILES string of the molecule is CCOC(=O)N1CCN(c2ccnc3[nH]c(-c4cnn(S(C)(=O)=O)c4)cc23)CC1. The molecule has 0 spiro atoms. The van der Waals surface area contributed by atoms with Crippen LogP contribution in [-0.4, -0.2) is 77.6 Å². The Morgan fingerprint density at radius 3 is 2.69 bits per heavy atom. The van der Waals surface area contributed by atoms with Crippen molar-refractivity contribution < 1.29 is 17.9 Å². The molecule has 3 aromatic heterocycles. The highest BCUT2D eigenvalue weighted by Crippen LogP contribution is 2.30. The van der Waals surface area contributed by atoms with Crippen LogP contribution in [0.2, 0.25) is 0 Å². The van der Waals surface area contributed by atoms with Gasteiger partial charge in [0.25, 0.3) is 10.0 Å². The monoisotopic (exact) mass is 418 g/mol. The van der Waals surface area contributed by atoms with Gasteiger partial charge in [0.05, 0.1) is 31.0 Å². The third kappa shape index (κ3) is 3.77. The van der Waals surface area contributed by atoms with E-state index in [4.69, 9.17) is 4.74 Å². The van der Waals surface area contributed by atoms with E-state index in [1.165, 1.54) is 12.4 Å². The van der Waals surface area contributed by atoms with Crippen LogP contribution in [0, 0.1) is 0 Å². The first kappa shape index (κ1) is 19.2. The normalized spacial score (nSPS) is 15.1. The number of carbonyl (C=O) groups excluding carboxylic acids is 1. The van der Waals surface area contributed by atoms with Crippen molar-refractivity contribution in [2.75, 3.05) is 43.9 Å². The van der Waals surface area contributed by atoms with Crippen molar-refractivity contribution in [3.8, 4) is 11.3 Å². The number of H-pyrrole nitrogens is 1. The van der Waals surface area contributed by atoms with Gasteiger partial charge < -0.3 is 19.5 Å². The van der Waals surface area contributed by atoms with Crippen molar-refractivity contribution in [1.29, 1.82) is 0 Å². The number of rotatable bonds is 4. The van der Waals surface area contributed by atoms with Crippen LogP contribution < -0.4 is 4.90 Å². The van der Waals surface area contributed by atoms with E-state index < -0.39 is 10.0 Å². The quantitative estimate of drug-likeness (QED) is 0.683. The molecule has 29 heavy (non-hydrogen) atoms. The maximum absolute atomic E-state index is 11.9. The lowest BCUT2D eigenvalue weighted by Gasteiger charge is -2.35. The molecule has 0 unspecified atom stereocenters. The maximum Gasteiger partial charge on any atom is 0.409 e. The van der Waals surface area contributed by atoms with Crippen molar-refractivity contribution >= 4 is 32.8 Å². The number of ether oxygens (including phenoxy) is 1. The van der Waals surface area contributed by atoms with Crippen LogP contribution in [0.4, 0.5) is 10.5 Å². The number of nitrogens with one attached hydrogen (secondary N) is 1. The number of hydrogen-bond donors (Lipinski definition) is 1. The second-order valence-electron chi connectivity index (χ2n) is 6.81. The summed E-state index contributed by atoms with van der Waals surface area (Å²) in [4.78, 5) is 23.4. The van der Waals surface area contributed by atoms with Crippen molar-refractivity contribution in [3.05, 3.63) is 30.7 Å². The lowest BCUT2D eigenvalue weighted by atomic mass is 10.2. The van der Waals surface area contributed by atoms with Gasteiger partial charge >= 0.3 is 6.09 Å². The summed E-state index contributed by atoms with van der Waals surface area (Å²) >= 11 is 0. The second kappa shape index (κ2) is 7.39. The fraction of sp³-hybridized carbons (Fsp3) is 0.389. The zero-order valence-electron chi connectivity index (χ0n) is 16.2. The van der Waals surface area contributed by atoms with Gasteiger partial charge in [-0.3, -0.25) is 0 Å². The van der Waals surface area contributed by atoms with E-state index in [9.17, 15) is 13.2 Å². The number of carbonyl (C=O) groups is 1. The zero-order valence-corrected chi connectivity index (χ0v) is 17.0. The fourth-order valence-electron chi connectivity index (χ4n) is 3.41. The topological polar surface area (TPSA) is 113 Å². The van der Waals surface area contributed by atoms with Gasteiger partial charge in [-0.25, -0.2) is 18.2 Å². The Morgan fingerprint density at radius 1 is 1.28 bits per heavy atom. The Bertz CT molecular complexity index is 1140. The molecular weight excluding hydrogens is 396 g/mol. The Morgan fingerprint density at radius 2 is 2.03 bits per heavy atom. The molecule has 0 aromatic carbocycles. The highest BCUT2D eigenvalue weighted by atomic mass is 32.2. The summed E-state index contributed by atoms with van der Waals surface area (Å²) in [5, 5.41) is 4.84. The van der Waals surface area contributed by atoms with E-state index in [-0.39, 0.29) is 6.09 Å². The molecule has 0 atom stereocenters. The maximum atomic E-state index is 11.9. The number of aromatic amines is 1. The highest BCUT2D eigenvalue weighted by molar-refractivity contribution is 7.89. The predicted octanol–water partition coefficient (Wildman–Crippen LogP) is 1.51. The second-order valence-corrected chi connectivity index (χ2v) is 8.65. The molecule has 10 nitrogen and oxygen atoms in total. The highest BCUT2D eigenvalue weighted by Gasteiger charge is 2.23. The molecule has 1 amide bonds. The molecule has 11 heteroatoms. The lowest BCUT2D eigenvalue weighted by molar-refractivity contribution is 0.105. The number of piperazine rings is 1. The molecule has 0 saturated carbocycles. The van der Waals surface area contributed by atoms with Gasteiger partial charge in [0.15, 0.2) is 0 Å². The summed E-state index contributed by atoms with van der Waals surface area (Å²) < 4.78 is 29.3. The van der Waals surface area contributed by atoms with Crippen molar-refractivity contribution in [2.45, 2.75) is 6.92 Å². The predicted molar refractivity (Wildman–Crippen MR) is 108 cm³/mol. The standard InChI is InChI=1S/C18H22N6O4S/c1-3-28-18(25)23-8-6-22(7-9-23)16-4-5-19-17-14(16)10-15(21-17)13-11-20-24(12-13)29(2,26)27/h4-5,10-12H,3,6-9H2,1-2H3,(H,19,21). The van der Waals surface area contributed by atoms with Crippen molar-refractivity contribution in [2.24, 2.45) is 0 Å². The molecule has 1 fully saturated rings. The number of fused-ring (bicyclic) bond motifs is 1. The van der Waals surface area contributed by atoms with E-state index >= 15 is 0 Å². The summed E-state index contributed by atoms with van der Waals surface area (Å²) in [6.45, 7) is 4.70. The van der Waals surface area contributed by atoms with E-state index in [1.807, 2.05) is 12.1 Å². The molecule has 1 N–H and O–H groups in total. The molecule has 154 valence electrons. The number of pyridine rings is 1. The minimum Gasteiger partial charge on any atom is -0.450 e. The molecule has 0 bridgehead atoms. The van der Waals surface area contributed by atoms with Crippen molar-refractivity contribution in [3.63, 3.8) is 0 Å². The summed E-state index contributed by atoms with van der Waals surface area (Å²) in [5.74, 6) is 0. The third-order valence-corrected chi connectivity index (χ3v) is 5.75. The largest absolute Gasteiger partial charge is 0.450 e. The molecule has 3 aromatic rings. The number of aromatic nitrogens is 4. The molecule has 0 aliphatic carbocycles. The van der Waals surface area contributed by atoms with Crippen molar-refractivity contribution in [1.82, 2.24) is 24.1 Å². The minimum atomic E-state index is -3.44. The lowest BCUT2D eigenvalue weighted by Crippen LogP contribution is -2.49. The van der Waals surface area contributed by atoms with Crippen LogP contribution in [0.25, 0.3) is 22.3 Å². The summed E-state index contributed by atoms with van der Waals surface area (Å²) in [5.41, 5.74) is 3.11. The van der Waals surface area contributed by atoms with E-state index in [2.05, 4.69) is 20.0 Å². The Kier molecular flexibility index (Phi) is 4.91. The van der Waals surface area contributed by atoms with Gasteiger partial charge in [-0.05, 0) is 19.1 Å². The zero-order chi connectivity index (χ0) is 20.6. The van der Waals surface area contributed by atoms with Gasteiger partial charge in [0.2, 0.25) is 0 Å². The summed E-state index contributed by atoms with van der Waals surface area (Å²) in [7, 11) is -3.44. The fourth-order valence-corrected chi connectivity index (χ4v) is 3.94. The number of amides is 1. The molecule has 1 aliphatic heterocycles. The summed E-state index contributed by atoms with van der Waals surface area (Å²) in [6.07, 6.45) is 5.53. The minimum absolute atomic E-state index is 0.279. The van der Waals surface area contributed by atoms with Crippen LogP contribution >= 0.6 is 0 Å². The summed E-state index contributed by atoms with van der Waals surface area (Å²) in [6, 6.07) is 3.89. The molecule has 4 heterocycles. The van der Waals surface area contributed by atoms with E-state index in [1.54, 1.807) is 18.0 Å². The average molecular weight is 418 g/mol. The van der Waals surface area contributed by atoms with E-state index in [0.717, 1.165) is 27.1 Å². The molecular formula is C18H22N6O4S. The molecule has 1 aliphatic rings.